The lowest BCUT2D eigenvalue weighted by atomic mass is 10.2. The van der Waals surface area contributed by atoms with Gasteiger partial charge in [0, 0.05) is 10.9 Å². The minimum Gasteiger partial charge on any atom is -0.455 e. The normalized spacial score (nSPS) is 12.4. The van der Waals surface area contributed by atoms with Gasteiger partial charge >= 0.3 is 5.97 Å². The Balaban J connectivity index is 1.88. The number of H-pyrrole nitrogens is 1. The van der Waals surface area contributed by atoms with Gasteiger partial charge in [-0.15, -0.1) is 23.1 Å². The first-order valence-corrected chi connectivity index (χ1v) is 11.2. The molecule has 0 radical (unpaired) electrons. The van der Waals surface area contributed by atoms with E-state index in [1.165, 1.54) is 23.1 Å². The van der Waals surface area contributed by atoms with Crippen LogP contribution in [-0.4, -0.2) is 39.7 Å². The second kappa shape index (κ2) is 10.1. The number of aromatic nitrogens is 2. The van der Waals surface area contributed by atoms with Crippen molar-refractivity contribution in [3.05, 3.63) is 26.6 Å². The van der Waals surface area contributed by atoms with E-state index in [2.05, 4.69) is 15.3 Å². The molecule has 28 heavy (non-hydrogen) atoms. The van der Waals surface area contributed by atoms with Crippen LogP contribution in [0.1, 0.15) is 49.9 Å². The Morgan fingerprint density at radius 2 is 1.96 bits per heavy atom. The van der Waals surface area contributed by atoms with Crippen molar-refractivity contribution < 1.29 is 14.3 Å². The molecular formula is C19H27N3O4S2. The minimum absolute atomic E-state index is 0.0975. The number of amides is 1. The van der Waals surface area contributed by atoms with Gasteiger partial charge in [0.2, 0.25) is 0 Å². The van der Waals surface area contributed by atoms with Crippen LogP contribution in [0.4, 0.5) is 0 Å². The van der Waals surface area contributed by atoms with Crippen molar-refractivity contribution in [2.75, 3.05) is 6.61 Å². The molecule has 1 atom stereocenters. The van der Waals surface area contributed by atoms with Crippen LogP contribution in [0.3, 0.4) is 0 Å². The highest BCUT2D eigenvalue weighted by molar-refractivity contribution is 7.99. The van der Waals surface area contributed by atoms with Crippen molar-refractivity contribution in [1.82, 2.24) is 15.3 Å². The second-order valence-electron chi connectivity index (χ2n) is 6.62. The fraction of sp³-hybridized carbons (Fsp3) is 0.579. The zero-order valence-corrected chi connectivity index (χ0v) is 18.5. The highest BCUT2D eigenvalue weighted by Crippen LogP contribution is 2.26. The van der Waals surface area contributed by atoms with Crippen LogP contribution in [0.2, 0.25) is 0 Å². The molecule has 0 aliphatic rings. The summed E-state index contributed by atoms with van der Waals surface area (Å²) in [5.41, 5.74) is 0.798. The van der Waals surface area contributed by atoms with E-state index in [1.54, 1.807) is 6.92 Å². The average molecular weight is 426 g/mol. The van der Waals surface area contributed by atoms with Crippen LogP contribution < -0.4 is 10.9 Å². The Morgan fingerprint density at radius 3 is 2.61 bits per heavy atom. The van der Waals surface area contributed by atoms with Crippen molar-refractivity contribution in [2.45, 2.75) is 64.5 Å². The monoisotopic (exact) mass is 425 g/mol. The van der Waals surface area contributed by atoms with Crippen molar-refractivity contribution in [1.29, 1.82) is 0 Å². The van der Waals surface area contributed by atoms with Crippen molar-refractivity contribution in [2.24, 2.45) is 0 Å². The zero-order valence-electron chi connectivity index (χ0n) is 16.9. The van der Waals surface area contributed by atoms with Crippen molar-refractivity contribution in [3.63, 3.8) is 0 Å². The van der Waals surface area contributed by atoms with Crippen LogP contribution >= 0.6 is 23.1 Å². The number of esters is 1. The highest BCUT2D eigenvalue weighted by Gasteiger charge is 2.19. The first-order chi connectivity index (χ1) is 13.3. The maximum atomic E-state index is 12.3. The molecule has 0 saturated heterocycles. The highest BCUT2D eigenvalue weighted by atomic mass is 32.2. The SMILES string of the molecule is CCC(CC)NC(=O)COC(=O)[C@H](C)SCc1nc2sc(C)c(C)c2c(=O)[nH]1. The predicted octanol–water partition coefficient (Wildman–Crippen LogP) is 3.07. The summed E-state index contributed by atoms with van der Waals surface area (Å²) < 4.78 is 5.09. The third kappa shape index (κ3) is 5.57. The Hall–Kier alpha value is -1.87. The van der Waals surface area contributed by atoms with E-state index in [-0.39, 0.29) is 24.1 Å². The number of nitrogens with one attached hydrogen (secondary N) is 2. The molecular weight excluding hydrogens is 398 g/mol. The van der Waals surface area contributed by atoms with Crippen LogP contribution in [0.25, 0.3) is 10.2 Å². The second-order valence-corrected chi connectivity index (χ2v) is 9.15. The summed E-state index contributed by atoms with van der Waals surface area (Å²) in [5.74, 6) is 0.141. The summed E-state index contributed by atoms with van der Waals surface area (Å²) in [6.45, 7) is 9.29. The molecule has 1 amide bonds. The Bertz CT molecular complexity index is 902. The summed E-state index contributed by atoms with van der Waals surface area (Å²) in [7, 11) is 0. The molecule has 0 aromatic carbocycles. The number of aryl methyl sites for hydroxylation is 2. The molecule has 0 aliphatic heterocycles. The molecule has 2 heterocycles. The van der Waals surface area contributed by atoms with Crippen molar-refractivity contribution in [3.8, 4) is 0 Å². The average Bonchev–Trinajstić information content (AvgIpc) is 2.96. The van der Waals surface area contributed by atoms with Crippen LogP contribution in [0, 0.1) is 13.8 Å². The van der Waals surface area contributed by atoms with Gasteiger partial charge in [-0.3, -0.25) is 14.4 Å². The summed E-state index contributed by atoms with van der Waals surface area (Å²) in [5, 5.41) is 2.98. The van der Waals surface area contributed by atoms with E-state index in [0.29, 0.717) is 21.8 Å². The minimum atomic E-state index is -0.478. The largest absolute Gasteiger partial charge is 0.455 e. The van der Waals surface area contributed by atoms with Crippen LogP contribution in [0.15, 0.2) is 4.79 Å². The van der Waals surface area contributed by atoms with Gasteiger partial charge in [-0.2, -0.15) is 0 Å². The Kier molecular flexibility index (Phi) is 8.06. The number of hydrogen-bond donors (Lipinski definition) is 2. The van der Waals surface area contributed by atoms with Gasteiger partial charge in [0.15, 0.2) is 6.61 Å². The van der Waals surface area contributed by atoms with Crippen molar-refractivity contribution >= 4 is 45.2 Å². The number of rotatable bonds is 9. The molecule has 0 unspecified atom stereocenters. The molecule has 0 aliphatic carbocycles. The zero-order chi connectivity index (χ0) is 20.8. The number of carbonyl (C=O) groups excluding carboxylic acids is 2. The van der Waals surface area contributed by atoms with Gasteiger partial charge in [-0.05, 0) is 39.2 Å². The van der Waals surface area contributed by atoms with E-state index in [4.69, 9.17) is 4.74 Å². The summed E-state index contributed by atoms with van der Waals surface area (Å²) >= 11 is 2.80. The number of fused-ring (bicyclic) bond motifs is 1. The molecule has 2 rings (SSSR count). The van der Waals surface area contributed by atoms with E-state index < -0.39 is 11.2 Å². The first-order valence-electron chi connectivity index (χ1n) is 9.33. The Labute approximate surface area is 172 Å². The fourth-order valence-corrected chi connectivity index (χ4v) is 4.45. The lowest BCUT2D eigenvalue weighted by Gasteiger charge is -2.15. The number of aromatic amines is 1. The third-order valence-corrected chi connectivity index (χ3v) is 6.82. The quantitative estimate of drug-likeness (QED) is 0.599. The van der Waals surface area contributed by atoms with E-state index in [9.17, 15) is 14.4 Å². The summed E-state index contributed by atoms with van der Waals surface area (Å²) in [6.07, 6.45) is 1.67. The molecule has 9 heteroatoms. The number of hydrogen-bond acceptors (Lipinski definition) is 7. The fourth-order valence-electron chi connectivity index (χ4n) is 2.66. The maximum absolute atomic E-state index is 12.3. The molecule has 2 N–H and O–H groups in total. The topological polar surface area (TPSA) is 101 Å². The van der Waals surface area contributed by atoms with Gasteiger partial charge in [0.05, 0.1) is 11.1 Å². The summed E-state index contributed by atoms with van der Waals surface area (Å²) in [6, 6.07) is 0.0975. The number of ether oxygens (including phenoxy) is 1. The first kappa shape index (κ1) is 22.4. The molecule has 0 bridgehead atoms. The number of nitrogens with zero attached hydrogens (tertiary/aromatic N) is 1. The number of thiophene rings is 1. The van der Waals surface area contributed by atoms with Crippen LogP contribution in [0.5, 0.6) is 0 Å². The smallest absolute Gasteiger partial charge is 0.319 e. The predicted molar refractivity (Wildman–Crippen MR) is 114 cm³/mol. The molecule has 0 spiro atoms. The standard InChI is InChI=1S/C19H27N3O4S2/c1-6-13(7-2)20-15(23)8-26-19(25)12(5)27-9-14-21-17(24)16-10(3)11(4)28-18(16)22-14/h12-13H,6-9H2,1-5H3,(H,20,23)(H,21,22,24)/t12-/m0/s1. The number of carbonyl (C=O) groups is 2. The lowest BCUT2D eigenvalue weighted by Crippen LogP contribution is -2.37. The third-order valence-electron chi connectivity index (χ3n) is 4.59. The van der Waals surface area contributed by atoms with E-state index in [1.807, 2.05) is 27.7 Å². The molecule has 7 nitrogen and oxygen atoms in total. The Morgan fingerprint density at radius 1 is 1.29 bits per heavy atom. The maximum Gasteiger partial charge on any atom is 0.319 e. The van der Waals surface area contributed by atoms with Crippen LogP contribution in [-0.2, 0) is 20.1 Å². The molecule has 2 aromatic rings. The number of thioether (sulfide) groups is 1. The van der Waals surface area contributed by atoms with Gasteiger partial charge < -0.3 is 15.0 Å². The van der Waals surface area contributed by atoms with Gasteiger partial charge in [0.25, 0.3) is 11.5 Å². The van der Waals surface area contributed by atoms with E-state index >= 15 is 0 Å². The lowest BCUT2D eigenvalue weighted by molar-refractivity contribution is -0.147. The molecule has 2 aromatic heterocycles. The van der Waals surface area contributed by atoms with Gasteiger partial charge in [0.1, 0.15) is 15.9 Å². The molecule has 0 fully saturated rings. The molecule has 0 saturated carbocycles. The van der Waals surface area contributed by atoms with E-state index in [0.717, 1.165) is 23.3 Å². The van der Waals surface area contributed by atoms with Gasteiger partial charge in [-0.1, -0.05) is 13.8 Å². The van der Waals surface area contributed by atoms with Gasteiger partial charge in [-0.25, -0.2) is 4.98 Å². The molecule has 154 valence electrons. The summed E-state index contributed by atoms with van der Waals surface area (Å²) in [4.78, 5) is 45.3.